The second kappa shape index (κ2) is 2.17. The zero-order valence-electron chi connectivity index (χ0n) is 5.30. The third kappa shape index (κ3) is 2.35. The van der Waals surface area contributed by atoms with Crippen molar-refractivity contribution in [2.75, 3.05) is 0 Å². The van der Waals surface area contributed by atoms with Crippen molar-refractivity contribution in [3.63, 3.8) is 0 Å². The van der Waals surface area contributed by atoms with Gasteiger partial charge in [-0.1, -0.05) is 0 Å². The van der Waals surface area contributed by atoms with Gasteiger partial charge in [-0.3, -0.25) is 0 Å². The van der Waals surface area contributed by atoms with E-state index in [0.29, 0.717) is 21.1 Å². The third-order valence-electron chi connectivity index (χ3n) is 0.854. The molecule has 0 unspecified atom stereocenters. The second-order valence-corrected chi connectivity index (χ2v) is 10.3. The maximum atomic E-state index is 10.7. The van der Waals surface area contributed by atoms with Gasteiger partial charge in [-0.25, -0.2) is 0 Å². The predicted molar refractivity (Wildman–Crippen MR) is 35.8 cm³/mol. The molecule has 0 aliphatic carbocycles. The standard InChI is InChI=1S/C4H9O2S.Sn.H/c1-4(2,3)7(5)6;;/h1-3H3;;. The Bertz CT molecular complexity index is 163. The van der Waals surface area contributed by atoms with E-state index >= 15 is 0 Å². The summed E-state index contributed by atoms with van der Waals surface area (Å²) < 4.78 is 20.9. The topological polar surface area (TPSA) is 34.1 Å². The van der Waals surface area contributed by atoms with Crippen molar-refractivity contribution in [2.45, 2.75) is 25.5 Å². The summed E-state index contributed by atoms with van der Waals surface area (Å²) in [5.41, 5.74) is 0. The van der Waals surface area contributed by atoms with Crippen LogP contribution in [0.15, 0.2) is 0 Å². The Hall–Kier alpha value is 0.749. The van der Waals surface area contributed by atoms with Crippen LogP contribution in [0.1, 0.15) is 20.8 Å². The minimum absolute atomic E-state index is 0.322. The summed E-state index contributed by atoms with van der Waals surface area (Å²) in [5.74, 6) is 0. The van der Waals surface area contributed by atoms with E-state index in [2.05, 4.69) is 0 Å². The molecule has 0 N–H and O–H groups in total. The van der Waals surface area contributed by atoms with E-state index in [-0.39, 0.29) is 0 Å². The van der Waals surface area contributed by atoms with Crippen molar-refractivity contribution < 1.29 is 8.42 Å². The molecule has 8 heavy (non-hydrogen) atoms. The van der Waals surface area contributed by atoms with Crippen LogP contribution < -0.4 is 0 Å². The van der Waals surface area contributed by atoms with Crippen LogP contribution in [0.2, 0.25) is 0 Å². The van der Waals surface area contributed by atoms with Crippen molar-refractivity contribution in [3.05, 3.63) is 0 Å². The molecule has 0 heterocycles. The quantitative estimate of drug-likeness (QED) is 0.560. The number of rotatable bonds is 0. The van der Waals surface area contributed by atoms with Crippen LogP contribution in [-0.4, -0.2) is 34.3 Å². The van der Waals surface area contributed by atoms with E-state index in [9.17, 15) is 8.42 Å². The summed E-state index contributed by atoms with van der Waals surface area (Å²) in [5, 5.41) is 0. The molecule has 4 heteroatoms. The Labute approximate surface area is 62.1 Å². The van der Waals surface area contributed by atoms with Gasteiger partial charge in [0.1, 0.15) is 0 Å². The van der Waals surface area contributed by atoms with Gasteiger partial charge in [-0.2, -0.15) is 0 Å². The molecule has 0 aromatic carbocycles. The van der Waals surface area contributed by atoms with Crippen LogP contribution in [0.4, 0.5) is 0 Å². The van der Waals surface area contributed by atoms with Crippen molar-refractivity contribution in [3.8, 4) is 0 Å². The molecule has 0 atom stereocenters. The van der Waals surface area contributed by atoms with Gasteiger partial charge in [-0.15, -0.1) is 0 Å². The van der Waals surface area contributed by atoms with Crippen molar-refractivity contribution >= 4 is 28.2 Å². The van der Waals surface area contributed by atoms with E-state index in [1.807, 2.05) is 0 Å². The fourth-order valence-electron chi connectivity index (χ4n) is 0. The Balaban J connectivity index is 4.53. The van der Waals surface area contributed by atoms with Gasteiger partial charge in [-0.05, 0) is 0 Å². The third-order valence-corrected chi connectivity index (χ3v) is 8.62. The van der Waals surface area contributed by atoms with Crippen molar-refractivity contribution in [2.24, 2.45) is 0 Å². The molecule has 0 spiro atoms. The molecule has 0 saturated heterocycles. The first-order chi connectivity index (χ1) is 3.25. The summed E-state index contributed by atoms with van der Waals surface area (Å²) in [6.07, 6.45) is 0. The molecule has 0 aliphatic heterocycles. The van der Waals surface area contributed by atoms with Crippen LogP contribution in [0.3, 0.4) is 0 Å². The van der Waals surface area contributed by atoms with Gasteiger partial charge in [0.05, 0.1) is 0 Å². The summed E-state index contributed by atoms with van der Waals surface area (Å²) in [4.78, 5) is 0. The number of hydrogen-bond donors (Lipinski definition) is 0. The van der Waals surface area contributed by atoms with E-state index < -0.39 is 11.8 Å². The van der Waals surface area contributed by atoms with Gasteiger partial charge in [0.15, 0.2) is 0 Å². The molecule has 0 aliphatic rings. The Morgan fingerprint density at radius 2 is 1.38 bits per heavy atom. The van der Waals surface area contributed by atoms with Crippen LogP contribution >= 0.6 is 0 Å². The molecule has 0 amide bonds. The monoisotopic (exact) mass is 242 g/mol. The average Bonchev–Trinajstić information content (AvgIpc) is 1.25. The van der Waals surface area contributed by atoms with E-state index in [1.165, 1.54) is 0 Å². The molecular weight excluding hydrogens is 231 g/mol. The zero-order chi connectivity index (χ0) is 7.00. The molecule has 0 aromatic heterocycles. The van der Waals surface area contributed by atoms with E-state index in [0.717, 1.165) is 0 Å². The molecule has 0 aromatic rings. The van der Waals surface area contributed by atoms with Gasteiger partial charge in [0, 0.05) is 0 Å². The van der Waals surface area contributed by atoms with Crippen LogP contribution in [0.5, 0.6) is 0 Å². The molecule has 0 rings (SSSR count). The van der Waals surface area contributed by atoms with Gasteiger partial charge in [0.2, 0.25) is 0 Å². The maximum absolute atomic E-state index is 10.7. The second-order valence-electron chi connectivity index (χ2n) is 2.66. The van der Waals surface area contributed by atoms with Crippen LogP contribution in [-0.2, 0) is 7.02 Å². The van der Waals surface area contributed by atoms with Crippen molar-refractivity contribution in [1.82, 2.24) is 0 Å². The molecule has 0 saturated carbocycles. The first-order valence-electron chi connectivity index (χ1n) is 2.27. The fraction of sp³-hybridized carbons (Fsp3) is 1.00. The minimum atomic E-state index is -2.71. The summed E-state index contributed by atoms with van der Waals surface area (Å²) in [7, 11) is -2.71. The first kappa shape index (κ1) is 8.75. The van der Waals surface area contributed by atoms with E-state index in [4.69, 9.17) is 0 Å². The molecule has 48 valence electrons. The summed E-state index contributed by atoms with van der Waals surface area (Å²) in [6.45, 7) is 5.15. The van der Waals surface area contributed by atoms with Gasteiger partial charge < -0.3 is 0 Å². The Morgan fingerprint density at radius 3 is 1.38 bits per heavy atom. The average molecular weight is 241 g/mol. The molecular formula is C4H10O2SSn. The van der Waals surface area contributed by atoms with Crippen LogP contribution in [0.25, 0.3) is 0 Å². The Morgan fingerprint density at radius 1 is 1.25 bits per heavy atom. The molecule has 2 radical (unpaired) electrons. The first-order valence-corrected chi connectivity index (χ1v) is 7.86. The fourth-order valence-corrected chi connectivity index (χ4v) is 0. The Kier molecular flexibility index (Phi) is 2.37. The van der Waals surface area contributed by atoms with Crippen molar-refractivity contribution in [1.29, 1.82) is 0 Å². The van der Waals surface area contributed by atoms with Gasteiger partial charge in [0.25, 0.3) is 0 Å². The molecule has 2 nitrogen and oxygen atoms in total. The number of hydrogen-bond acceptors (Lipinski definition) is 2. The zero-order valence-corrected chi connectivity index (χ0v) is 9.41. The molecule has 0 bridgehead atoms. The normalized spacial score (nSPS) is 14.0. The van der Waals surface area contributed by atoms with Gasteiger partial charge >= 0.3 is 62.1 Å². The summed E-state index contributed by atoms with van der Waals surface area (Å²) in [6, 6.07) is 0. The van der Waals surface area contributed by atoms with E-state index in [1.54, 1.807) is 20.8 Å². The van der Waals surface area contributed by atoms with Crippen LogP contribution in [0, 0.1) is 0 Å². The SMILES string of the molecule is CC(C)(C)[S](=O)(=O)[SnH]. The summed E-state index contributed by atoms with van der Waals surface area (Å²) >= 11 is 0.322. The molecule has 0 fully saturated rings. The predicted octanol–water partition coefficient (Wildman–Crippen LogP) is 0.0155.